The van der Waals surface area contributed by atoms with Crippen LogP contribution in [0, 0.1) is 11.6 Å². The van der Waals surface area contributed by atoms with Crippen LogP contribution in [-0.4, -0.2) is 41.1 Å². The summed E-state index contributed by atoms with van der Waals surface area (Å²) >= 11 is 5.94. The van der Waals surface area contributed by atoms with Gasteiger partial charge in [0.25, 0.3) is 0 Å². The lowest BCUT2D eigenvalue weighted by molar-refractivity contribution is 0.190. The summed E-state index contributed by atoms with van der Waals surface area (Å²) in [6.07, 6.45) is 3.10. The zero-order valence-electron chi connectivity index (χ0n) is 17.6. The fraction of sp³-hybridized carbons (Fsp3) is 0.261. The summed E-state index contributed by atoms with van der Waals surface area (Å²) in [5.41, 5.74) is 0.487. The van der Waals surface area contributed by atoms with E-state index in [0.29, 0.717) is 23.3 Å². The van der Waals surface area contributed by atoms with Gasteiger partial charge in [-0.05, 0) is 54.1 Å². The largest absolute Gasteiger partial charge is 0.336 e. The van der Waals surface area contributed by atoms with Crippen molar-refractivity contribution in [2.24, 2.45) is 0 Å². The number of urea groups is 2. The molecule has 0 bridgehead atoms. The highest BCUT2D eigenvalue weighted by atomic mass is 35.5. The topological polar surface area (TPSA) is 86.4 Å². The summed E-state index contributed by atoms with van der Waals surface area (Å²) < 4.78 is 27.0. The molecule has 0 unspecified atom stereocenters. The number of anilines is 1. The first-order chi connectivity index (χ1) is 15.9. The molecule has 0 aliphatic carbocycles. The predicted molar refractivity (Wildman–Crippen MR) is 122 cm³/mol. The van der Waals surface area contributed by atoms with Crippen LogP contribution in [0.3, 0.4) is 0 Å². The van der Waals surface area contributed by atoms with Crippen molar-refractivity contribution in [3.8, 4) is 0 Å². The average molecular weight is 474 g/mol. The van der Waals surface area contributed by atoms with Crippen LogP contribution in [0.15, 0.2) is 48.7 Å². The second kappa shape index (κ2) is 9.99. The van der Waals surface area contributed by atoms with Crippen molar-refractivity contribution in [1.82, 2.24) is 20.5 Å². The van der Waals surface area contributed by atoms with E-state index in [9.17, 15) is 18.4 Å². The summed E-state index contributed by atoms with van der Waals surface area (Å²) in [6.45, 7) is 0.900. The third kappa shape index (κ3) is 5.48. The molecule has 33 heavy (non-hydrogen) atoms. The summed E-state index contributed by atoms with van der Waals surface area (Å²) in [5.74, 6) is -0.620. The number of carbonyl (C=O) groups is 2. The van der Waals surface area contributed by atoms with Crippen LogP contribution in [0.25, 0.3) is 10.8 Å². The summed E-state index contributed by atoms with van der Waals surface area (Å²) in [6, 6.07) is 9.39. The van der Waals surface area contributed by atoms with Gasteiger partial charge < -0.3 is 15.5 Å². The summed E-state index contributed by atoms with van der Waals surface area (Å²) in [4.78, 5) is 30.7. The minimum atomic E-state index is -0.538. The van der Waals surface area contributed by atoms with E-state index in [1.54, 1.807) is 29.3 Å². The Morgan fingerprint density at radius 1 is 1.12 bits per heavy atom. The molecule has 1 saturated heterocycles. The maximum atomic E-state index is 13.6. The molecular weight excluding hydrogens is 452 g/mol. The fourth-order valence-corrected chi connectivity index (χ4v) is 4.02. The van der Waals surface area contributed by atoms with E-state index in [0.717, 1.165) is 18.2 Å². The van der Waals surface area contributed by atoms with Gasteiger partial charge in [0.15, 0.2) is 0 Å². The van der Waals surface area contributed by atoms with Crippen molar-refractivity contribution in [1.29, 1.82) is 0 Å². The molecule has 4 amide bonds. The molecule has 4 rings (SSSR count). The Bertz CT molecular complexity index is 1190. The first-order valence-electron chi connectivity index (χ1n) is 10.5. The quantitative estimate of drug-likeness (QED) is 0.503. The van der Waals surface area contributed by atoms with Crippen molar-refractivity contribution < 1.29 is 18.4 Å². The molecule has 3 N–H and O–H groups in total. The third-order valence-electron chi connectivity index (χ3n) is 5.52. The Hall–Kier alpha value is -3.46. The van der Waals surface area contributed by atoms with Crippen LogP contribution in [0.4, 0.5) is 24.2 Å². The minimum absolute atomic E-state index is 0.0147. The number of fused-ring (bicyclic) bond motifs is 1. The minimum Gasteiger partial charge on any atom is -0.336 e. The first-order valence-corrected chi connectivity index (χ1v) is 10.9. The highest BCUT2D eigenvalue weighted by Crippen LogP contribution is 2.21. The number of likely N-dealkylation sites (tertiary alicyclic amines) is 1. The standard InChI is InChI=1S/C23H22ClF2N5O2/c24-21-15(3-1-5-19(21)26)12-29-23(33)31-8-2-4-18(31)13-28-22(32)30-20-10-16-9-17(25)7-6-14(16)11-27-20/h1,3,5-7,9-11,18H,2,4,8,12-13H2,(H,29,33)(H2,27,28,30,32)/t18-/m0/s1. The molecule has 0 radical (unpaired) electrons. The van der Waals surface area contributed by atoms with Crippen LogP contribution < -0.4 is 16.0 Å². The molecule has 1 fully saturated rings. The lowest BCUT2D eigenvalue weighted by Gasteiger charge is -2.25. The van der Waals surface area contributed by atoms with Crippen LogP contribution in [0.2, 0.25) is 5.02 Å². The number of carbonyl (C=O) groups excluding carboxylic acids is 2. The molecule has 1 aliphatic rings. The van der Waals surface area contributed by atoms with E-state index < -0.39 is 11.8 Å². The van der Waals surface area contributed by atoms with E-state index in [4.69, 9.17) is 11.6 Å². The number of benzene rings is 2. The molecule has 2 aromatic carbocycles. The number of hydrogen-bond donors (Lipinski definition) is 3. The van der Waals surface area contributed by atoms with Gasteiger partial charge in [0.05, 0.1) is 11.1 Å². The second-order valence-electron chi connectivity index (χ2n) is 7.76. The highest BCUT2D eigenvalue weighted by Gasteiger charge is 2.29. The molecule has 3 aromatic rings. The molecule has 1 aliphatic heterocycles. The van der Waals surface area contributed by atoms with Gasteiger partial charge in [0.2, 0.25) is 0 Å². The van der Waals surface area contributed by atoms with Crippen LogP contribution >= 0.6 is 11.6 Å². The van der Waals surface area contributed by atoms with Crippen molar-refractivity contribution in [2.45, 2.75) is 25.4 Å². The maximum Gasteiger partial charge on any atom is 0.320 e. The number of nitrogens with one attached hydrogen (secondary N) is 3. The van der Waals surface area contributed by atoms with E-state index in [2.05, 4.69) is 20.9 Å². The van der Waals surface area contributed by atoms with Gasteiger partial charge in [-0.3, -0.25) is 5.32 Å². The van der Waals surface area contributed by atoms with E-state index in [1.165, 1.54) is 24.3 Å². The first kappa shape index (κ1) is 22.7. The lowest BCUT2D eigenvalue weighted by Crippen LogP contribution is -2.47. The molecular formula is C23H22ClF2N5O2. The van der Waals surface area contributed by atoms with E-state index in [-0.39, 0.29) is 36.0 Å². The molecule has 0 spiro atoms. The Morgan fingerprint density at radius 3 is 2.82 bits per heavy atom. The van der Waals surface area contributed by atoms with Gasteiger partial charge in [0, 0.05) is 31.2 Å². The van der Waals surface area contributed by atoms with Crippen molar-refractivity contribution in [3.63, 3.8) is 0 Å². The molecule has 7 nitrogen and oxygen atoms in total. The summed E-state index contributed by atoms with van der Waals surface area (Å²) in [5, 5.41) is 9.50. The van der Waals surface area contributed by atoms with Crippen molar-refractivity contribution in [2.75, 3.05) is 18.4 Å². The van der Waals surface area contributed by atoms with Gasteiger partial charge in [0.1, 0.15) is 17.5 Å². The average Bonchev–Trinajstić information content (AvgIpc) is 3.27. The number of pyridine rings is 1. The Morgan fingerprint density at radius 2 is 1.97 bits per heavy atom. The molecule has 1 aromatic heterocycles. The SMILES string of the molecule is O=C(NC[C@@H]1CCCN1C(=O)NCc1cccc(F)c1Cl)Nc1cc2cc(F)ccc2cn1. The Kier molecular flexibility index (Phi) is 6.88. The predicted octanol–water partition coefficient (Wildman–Crippen LogP) is 4.66. The molecule has 2 heterocycles. The molecule has 0 saturated carbocycles. The molecule has 172 valence electrons. The monoisotopic (exact) mass is 473 g/mol. The Balaban J connectivity index is 1.29. The van der Waals surface area contributed by atoms with Crippen LogP contribution in [0.5, 0.6) is 0 Å². The molecule has 10 heteroatoms. The third-order valence-corrected chi connectivity index (χ3v) is 5.95. The smallest absolute Gasteiger partial charge is 0.320 e. The number of amides is 4. The van der Waals surface area contributed by atoms with Crippen LogP contribution in [-0.2, 0) is 6.54 Å². The van der Waals surface area contributed by atoms with Gasteiger partial charge in [-0.25, -0.2) is 23.4 Å². The van der Waals surface area contributed by atoms with Gasteiger partial charge in [-0.15, -0.1) is 0 Å². The summed E-state index contributed by atoms with van der Waals surface area (Å²) in [7, 11) is 0. The van der Waals surface area contributed by atoms with Gasteiger partial charge >= 0.3 is 12.1 Å². The zero-order chi connectivity index (χ0) is 23.4. The molecule has 1 atom stereocenters. The zero-order valence-corrected chi connectivity index (χ0v) is 18.3. The maximum absolute atomic E-state index is 13.6. The number of rotatable bonds is 5. The lowest BCUT2D eigenvalue weighted by atomic mass is 10.2. The van der Waals surface area contributed by atoms with E-state index >= 15 is 0 Å². The Labute approximate surface area is 194 Å². The number of halogens is 3. The fourth-order valence-electron chi connectivity index (χ4n) is 3.82. The van der Waals surface area contributed by atoms with Gasteiger partial charge in [-0.1, -0.05) is 23.7 Å². The van der Waals surface area contributed by atoms with Crippen LogP contribution in [0.1, 0.15) is 18.4 Å². The number of nitrogens with zero attached hydrogens (tertiary/aromatic N) is 2. The highest BCUT2D eigenvalue weighted by molar-refractivity contribution is 6.31. The number of hydrogen-bond acceptors (Lipinski definition) is 3. The van der Waals surface area contributed by atoms with E-state index in [1.807, 2.05) is 0 Å². The normalized spacial score (nSPS) is 15.5. The van der Waals surface area contributed by atoms with Gasteiger partial charge in [-0.2, -0.15) is 0 Å². The van der Waals surface area contributed by atoms with Crippen molar-refractivity contribution in [3.05, 3.63) is 70.9 Å². The number of aromatic nitrogens is 1. The second-order valence-corrected chi connectivity index (χ2v) is 8.14. The van der Waals surface area contributed by atoms with Crippen molar-refractivity contribution >= 4 is 40.3 Å².